The number of carbonyl (C=O) groups is 1. The Morgan fingerprint density at radius 1 is 1.31 bits per heavy atom. The van der Waals surface area contributed by atoms with E-state index in [0.717, 1.165) is 45.4 Å². The summed E-state index contributed by atoms with van der Waals surface area (Å²) in [7, 11) is 0. The van der Waals surface area contributed by atoms with Crippen LogP contribution < -0.4 is 0 Å². The van der Waals surface area contributed by atoms with Crippen LogP contribution in [0.5, 0.6) is 0 Å². The van der Waals surface area contributed by atoms with Gasteiger partial charge < -0.3 is 9.64 Å². The van der Waals surface area contributed by atoms with E-state index < -0.39 is 0 Å². The van der Waals surface area contributed by atoms with Crippen LogP contribution in [0.2, 0.25) is 0 Å². The molecular weight excluding hydrogens is 432 g/mol. The normalized spacial score (nSPS) is 29.4. The standard InChI is InChI=1S/C11H17I2NO2/c12-9-2-1-5-14(9)11(15)10(13)8-3-6-16-7-4-8/h8-10H,1-7H2/t9-,10?/m0/s1. The van der Waals surface area contributed by atoms with E-state index in [2.05, 4.69) is 50.1 Å². The summed E-state index contributed by atoms with van der Waals surface area (Å²) in [6, 6.07) is 0. The van der Waals surface area contributed by atoms with E-state index in [1.165, 1.54) is 0 Å². The average Bonchev–Trinajstić information content (AvgIpc) is 2.75. The van der Waals surface area contributed by atoms with Crippen LogP contribution in [0.25, 0.3) is 0 Å². The van der Waals surface area contributed by atoms with Gasteiger partial charge in [0.05, 0.1) is 7.97 Å². The van der Waals surface area contributed by atoms with Crippen molar-refractivity contribution in [1.82, 2.24) is 4.90 Å². The van der Waals surface area contributed by atoms with Gasteiger partial charge in [0.2, 0.25) is 5.91 Å². The van der Waals surface area contributed by atoms with Crippen LogP contribution in [0.1, 0.15) is 25.7 Å². The Labute approximate surface area is 124 Å². The third-order valence-electron chi connectivity index (χ3n) is 3.38. The van der Waals surface area contributed by atoms with Gasteiger partial charge in [0.1, 0.15) is 0 Å². The molecule has 3 nitrogen and oxygen atoms in total. The topological polar surface area (TPSA) is 29.5 Å². The number of alkyl halides is 2. The lowest BCUT2D eigenvalue weighted by Gasteiger charge is -2.30. The third-order valence-corrected chi connectivity index (χ3v) is 6.22. The van der Waals surface area contributed by atoms with E-state index in [1.807, 2.05) is 0 Å². The van der Waals surface area contributed by atoms with Crippen LogP contribution in [-0.4, -0.2) is 38.5 Å². The number of hydrogen-bond donors (Lipinski definition) is 0. The first-order chi connectivity index (χ1) is 7.70. The summed E-state index contributed by atoms with van der Waals surface area (Å²) >= 11 is 4.73. The van der Waals surface area contributed by atoms with Gasteiger partial charge in [-0.2, -0.15) is 0 Å². The van der Waals surface area contributed by atoms with E-state index in [9.17, 15) is 4.79 Å². The molecule has 0 aliphatic carbocycles. The molecule has 2 atom stereocenters. The van der Waals surface area contributed by atoms with Crippen molar-refractivity contribution in [3.8, 4) is 0 Å². The summed E-state index contributed by atoms with van der Waals surface area (Å²) in [4.78, 5) is 14.4. The van der Waals surface area contributed by atoms with Crippen molar-refractivity contribution in [1.29, 1.82) is 0 Å². The van der Waals surface area contributed by atoms with Gasteiger partial charge >= 0.3 is 0 Å². The molecule has 0 aromatic rings. The molecule has 2 heterocycles. The zero-order valence-electron chi connectivity index (χ0n) is 9.20. The summed E-state index contributed by atoms with van der Waals surface area (Å²) in [5.74, 6) is 0.871. The molecule has 0 saturated carbocycles. The molecule has 0 aromatic heterocycles. The Kier molecular flexibility index (Phi) is 5.14. The molecule has 0 radical (unpaired) electrons. The maximum Gasteiger partial charge on any atom is 0.236 e. The van der Waals surface area contributed by atoms with Crippen molar-refractivity contribution in [2.45, 2.75) is 33.7 Å². The van der Waals surface area contributed by atoms with Gasteiger partial charge in [-0.3, -0.25) is 4.79 Å². The first-order valence-electron chi connectivity index (χ1n) is 5.86. The molecule has 2 saturated heterocycles. The minimum Gasteiger partial charge on any atom is -0.381 e. The fraction of sp³-hybridized carbons (Fsp3) is 0.909. The van der Waals surface area contributed by atoms with E-state index in [0.29, 0.717) is 15.9 Å². The first kappa shape index (κ1) is 13.3. The molecule has 0 N–H and O–H groups in total. The minimum atomic E-state index is 0.150. The van der Waals surface area contributed by atoms with Crippen molar-refractivity contribution in [3.63, 3.8) is 0 Å². The van der Waals surface area contributed by atoms with Crippen molar-refractivity contribution < 1.29 is 9.53 Å². The van der Waals surface area contributed by atoms with Crippen LogP contribution in [0.4, 0.5) is 0 Å². The van der Waals surface area contributed by atoms with E-state index in [4.69, 9.17) is 4.74 Å². The molecule has 2 fully saturated rings. The van der Waals surface area contributed by atoms with Crippen LogP contribution in [0.15, 0.2) is 0 Å². The molecule has 0 bridgehead atoms. The Morgan fingerprint density at radius 3 is 2.56 bits per heavy atom. The number of halogens is 2. The van der Waals surface area contributed by atoms with Gasteiger partial charge in [-0.1, -0.05) is 45.2 Å². The highest BCUT2D eigenvalue weighted by atomic mass is 127. The number of rotatable bonds is 2. The average molecular weight is 449 g/mol. The number of nitrogens with zero attached hydrogens (tertiary/aromatic N) is 1. The zero-order valence-corrected chi connectivity index (χ0v) is 13.5. The molecule has 0 spiro atoms. The molecule has 16 heavy (non-hydrogen) atoms. The monoisotopic (exact) mass is 449 g/mol. The predicted octanol–water partition coefficient (Wildman–Crippen LogP) is 2.60. The second-order valence-electron chi connectivity index (χ2n) is 4.46. The zero-order chi connectivity index (χ0) is 11.5. The molecule has 1 unspecified atom stereocenters. The molecule has 5 heteroatoms. The molecule has 1 amide bonds. The van der Waals surface area contributed by atoms with Gasteiger partial charge in [-0.15, -0.1) is 0 Å². The molecule has 2 aliphatic heterocycles. The SMILES string of the molecule is O=C(C(I)C1CCOCC1)N1CCC[C@H]1I. The summed E-state index contributed by atoms with van der Waals surface area (Å²) in [5.41, 5.74) is 0. The Hall–Kier alpha value is 0.890. The number of likely N-dealkylation sites (tertiary alicyclic amines) is 1. The maximum absolute atomic E-state index is 12.3. The van der Waals surface area contributed by atoms with Gasteiger partial charge in [0.25, 0.3) is 0 Å². The lowest BCUT2D eigenvalue weighted by molar-refractivity contribution is -0.130. The lowest BCUT2D eigenvalue weighted by atomic mass is 9.96. The summed E-state index contributed by atoms with van der Waals surface area (Å²) < 4.78 is 5.92. The Balaban J connectivity index is 1.92. The Bertz CT molecular complexity index is 256. The van der Waals surface area contributed by atoms with Gasteiger partial charge in [-0.05, 0) is 31.6 Å². The second-order valence-corrected chi connectivity index (χ2v) is 7.24. The van der Waals surface area contributed by atoms with Crippen molar-refractivity contribution in [2.75, 3.05) is 19.8 Å². The highest BCUT2D eigenvalue weighted by Gasteiger charge is 2.34. The molecular formula is C11H17I2NO2. The number of amides is 1. The smallest absolute Gasteiger partial charge is 0.236 e. The van der Waals surface area contributed by atoms with E-state index >= 15 is 0 Å². The van der Waals surface area contributed by atoms with Gasteiger partial charge in [0.15, 0.2) is 0 Å². The fourth-order valence-electron chi connectivity index (χ4n) is 2.34. The fourth-order valence-corrected chi connectivity index (χ4v) is 4.41. The summed E-state index contributed by atoms with van der Waals surface area (Å²) in [6.45, 7) is 2.60. The van der Waals surface area contributed by atoms with E-state index in [1.54, 1.807) is 0 Å². The Morgan fingerprint density at radius 2 is 2.00 bits per heavy atom. The van der Waals surface area contributed by atoms with Crippen LogP contribution in [0, 0.1) is 5.92 Å². The van der Waals surface area contributed by atoms with Gasteiger partial charge in [0, 0.05) is 19.8 Å². The largest absolute Gasteiger partial charge is 0.381 e. The summed E-state index contributed by atoms with van der Waals surface area (Å²) in [6.07, 6.45) is 4.40. The highest BCUT2D eigenvalue weighted by Crippen LogP contribution is 2.30. The van der Waals surface area contributed by atoms with Crippen LogP contribution in [-0.2, 0) is 9.53 Å². The highest BCUT2D eigenvalue weighted by molar-refractivity contribution is 14.1. The van der Waals surface area contributed by atoms with E-state index in [-0.39, 0.29) is 3.92 Å². The third kappa shape index (κ3) is 3.01. The van der Waals surface area contributed by atoms with Crippen LogP contribution >= 0.6 is 45.2 Å². The number of carbonyl (C=O) groups excluding carboxylic acids is 1. The predicted molar refractivity (Wildman–Crippen MR) is 80.1 cm³/mol. The van der Waals surface area contributed by atoms with Crippen LogP contribution in [0.3, 0.4) is 0 Å². The molecule has 2 rings (SSSR count). The maximum atomic E-state index is 12.3. The summed E-state index contributed by atoms with van der Waals surface area (Å²) in [5, 5.41) is 0. The lowest BCUT2D eigenvalue weighted by Crippen LogP contribution is -2.41. The minimum absolute atomic E-state index is 0.150. The van der Waals surface area contributed by atoms with Gasteiger partial charge in [-0.25, -0.2) is 0 Å². The molecule has 92 valence electrons. The van der Waals surface area contributed by atoms with Crippen molar-refractivity contribution >= 4 is 51.1 Å². The van der Waals surface area contributed by atoms with Crippen molar-refractivity contribution in [3.05, 3.63) is 0 Å². The first-order valence-corrected chi connectivity index (χ1v) is 8.35. The number of ether oxygens (including phenoxy) is 1. The number of hydrogen-bond acceptors (Lipinski definition) is 2. The quantitative estimate of drug-likeness (QED) is 0.369. The second kappa shape index (κ2) is 6.17. The molecule has 2 aliphatic rings. The molecule has 0 aromatic carbocycles. The van der Waals surface area contributed by atoms with Crippen molar-refractivity contribution in [2.24, 2.45) is 5.92 Å².